The van der Waals surface area contributed by atoms with Crippen LogP contribution in [-0.2, 0) is 11.2 Å². The summed E-state index contributed by atoms with van der Waals surface area (Å²) in [5.74, 6) is 0. The Hall–Kier alpha value is -1.22. The van der Waals surface area contributed by atoms with Gasteiger partial charge in [0.05, 0.1) is 13.2 Å². The molecular formula is C13H18N2O. The van der Waals surface area contributed by atoms with Crippen LogP contribution in [0.25, 0.3) is 0 Å². The van der Waals surface area contributed by atoms with Crippen LogP contribution < -0.4 is 9.80 Å². The summed E-state index contributed by atoms with van der Waals surface area (Å²) in [6.45, 7) is 4.93. The third kappa shape index (κ3) is 1.55. The van der Waals surface area contributed by atoms with Crippen molar-refractivity contribution < 1.29 is 4.74 Å². The van der Waals surface area contributed by atoms with E-state index in [1.807, 2.05) is 0 Å². The largest absolute Gasteiger partial charge is 0.378 e. The molecule has 0 atom stereocenters. The van der Waals surface area contributed by atoms with E-state index in [-0.39, 0.29) is 0 Å². The molecule has 0 unspecified atom stereocenters. The Labute approximate surface area is 96.6 Å². The van der Waals surface area contributed by atoms with E-state index in [4.69, 9.17) is 4.74 Å². The fourth-order valence-corrected chi connectivity index (χ4v) is 2.68. The number of likely N-dealkylation sites (N-methyl/N-ethyl adjacent to an activating group) is 1. The number of rotatable bonds is 1. The topological polar surface area (TPSA) is 15.7 Å². The lowest BCUT2D eigenvalue weighted by molar-refractivity contribution is 0.122. The van der Waals surface area contributed by atoms with Gasteiger partial charge in [-0.15, -0.1) is 0 Å². The predicted octanol–water partition coefficient (Wildman–Crippen LogP) is 1.52. The van der Waals surface area contributed by atoms with Gasteiger partial charge in [-0.1, -0.05) is 6.07 Å². The highest BCUT2D eigenvalue weighted by molar-refractivity contribution is 5.70. The molecule has 0 saturated carbocycles. The molecule has 1 fully saturated rings. The highest BCUT2D eigenvalue weighted by Gasteiger charge is 2.22. The fourth-order valence-electron chi connectivity index (χ4n) is 2.68. The number of hydrogen-bond donors (Lipinski definition) is 0. The second-order valence-corrected chi connectivity index (χ2v) is 4.55. The van der Waals surface area contributed by atoms with E-state index in [0.717, 1.165) is 32.8 Å². The van der Waals surface area contributed by atoms with Crippen LogP contribution in [0.3, 0.4) is 0 Å². The monoisotopic (exact) mass is 218 g/mol. The second-order valence-electron chi connectivity index (χ2n) is 4.55. The standard InChI is InChI=1S/C13H18N2O/c1-14-6-5-11-12(14)3-2-4-13(11)15-7-9-16-10-8-15/h2-4H,5-10H2,1H3. The number of nitrogens with zero attached hydrogens (tertiary/aromatic N) is 2. The molecule has 1 aromatic carbocycles. The van der Waals surface area contributed by atoms with Crippen LogP contribution >= 0.6 is 0 Å². The lowest BCUT2D eigenvalue weighted by Gasteiger charge is -2.30. The third-order valence-electron chi connectivity index (χ3n) is 3.59. The van der Waals surface area contributed by atoms with E-state index in [1.54, 1.807) is 0 Å². The highest BCUT2D eigenvalue weighted by Crippen LogP contribution is 2.34. The van der Waals surface area contributed by atoms with E-state index in [1.165, 1.54) is 23.4 Å². The fraction of sp³-hybridized carbons (Fsp3) is 0.538. The number of hydrogen-bond acceptors (Lipinski definition) is 3. The summed E-state index contributed by atoms with van der Waals surface area (Å²) < 4.78 is 5.41. The predicted molar refractivity (Wildman–Crippen MR) is 66.4 cm³/mol. The minimum atomic E-state index is 0.861. The Morgan fingerprint density at radius 2 is 1.81 bits per heavy atom. The first kappa shape index (κ1) is 9.97. The molecule has 3 nitrogen and oxygen atoms in total. The summed E-state index contributed by atoms with van der Waals surface area (Å²) in [4.78, 5) is 4.81. The Kier molecular flexibility index (Phi) is 2.48. The second kappa shape index (κ2) is 3.98. The van der Waals surface area contributed by atoms with Crippen molar-refractivity contribution in [3.8, 4) is 0 Å². The van der Waals surface area contributed by atoms with Gasteiger partial charge in [0.25, 0.3) is 0 Å². The Morgan fingerprint density at radius 3 is 2.62 bits per heavy atom. The van der Waals surface area contributed by atoms with E-state index >= 15 is 0 Å². The summed E-state index contributed by atoms with van der Waals surface area (Å²) in [7, 11) is 2.18. The van der Waals surface area contributed by atoms with Crippen molar-refractivity contribution >= 4 is 11.4 Å². The summed E-state index contributed by atoms with van der Waals surface area (Å²) in [6.07, 6.45) is 1.18. The molecule has 0 amide bonds. The normalized spacial score (nSPS) is 20.1. The molecule has 0 aliphatic carbocycles. The van der Waals surface area contributed by atoms with Crippen molar-refractivity contribution in [2.75, 3.05) is 49.7 Å². The van der Waals surface area contributed by atoms with Crippen LogP contribution in [0.2, 0.25) is 0 Å². The molecule has 0 N–H and O–H groups in total. The Balaban J connectivity index is 1.95. The molecule has 2 heterocycles. The molecule has 0 bridgehead atoms. The Morgan fingerprint density at radius 1 is 1.06 bits per heavy atom. The van der Waals surface area contributed by atoms with Crippen LogP contribution in [-0.4, -0.2) is 39.9 Å². The van der Waals surface area contributed by atoms with Gasteiger partial charge in [0, 0.05) is 43.6 Å². The zero-order valence-corrected chi connectivity index (χ0v) is 9.78. The van der Waals surface area contributed by atoms with Gasteiger partial charge in [0.1, 0.15) is 0 Å². The average Bonchev–Trinajstić information content (AvgIpc) is 2.73. The maximum atomic E-state index is 5.41. The third-order valence-corrected chi connectivity index (χ3v) is 3.59. The van der Waals surface area contributed by atoms with Gasteiger partial charge in [0.2, 0.25) is 0 Å². The van der Waals surface area contributed by atoms with Crippen LogP contribution in [0.15, 0.2) is 18.2 Å². The van der Waals surface area contributed by atoms with E-state index in [0.29, 0.717) is 0 Å². The van der Waals surface area contributed by atoms with E-state index < -0.39 is 0 Å². The number of fused-ring (bicyclic) bond motifs is 1. The first-order valence-electron chi connectivity index (χ1n) is 6.02. The number of ether oxygens (including phenoxy) is 1. The summed E-state index contributed by atoms with van der Waals surface area (Å²) >= 11 is 0. The minimum Gasteiger partial charge on any atom is -0.378 e. The highest BCUT2D eigenvalue weighted by atomic mass is 16.5. The molecule has 1 aromatic rings. The zero-order chi connectivity index (χ0) is 11.0. The van der Waals surface area contributed by atoms with Crippen LogP contribution in [0, 0.1) is 0 Å². The summed E-state index contributed by atoms with van der Waals surface area (Å²) in [5.41, 5.74) is 4.35. The molecular weight excluding hydrogens is 200 g/mol. The first-order valence-corrected chi connectivity index (χ1v) is 6.02. The smallest absolute Gasteiger partial charge is 0.0642 e. The average molecular weight is 218 g/mol. The Bertz CT molecular complexity index is 386. The van der Waals surface area contributed by atoms with Crippen molar-refractivity contribution in [2.24, 2.45) is 0 Å². The number of morpholine rings is 1. The molecule has 2 aliphatic heterocycles. The van der Waals surface area contributed by atoms with Crippen molar-refractivity contribution in [1.82, 2.24) is 0 Å². The van der Waals surface area contributed by atoms with Crippen molar-refractivity contribution in [1.29, 1.82) is 0 Å². The van der Waals surface area contributed by atoms with Gasteiger partial charge in [-0.05, 0) is 18.6 Å². The van der Waals surface area contributed by atoms with E-state index in [2.05, 4.69) is 35.0 Å². The van der Waals surface area contributed by atoms with Gasteiger partial charge in [-0.3, -0.25) is 0 Å². The number of anilines is 2. The van der Waals surface area contributed by atoms with Crippen LogP contribution in [0.5, 0.6) is 0 Å². The molecule has 0 aromatic heterocycles. The van der Waals surface area contributed by atoms with Crippen molar-refractivity contribution in [3.05, 3.63) is 23.8 Å². The van der Waals surface area contributed by atoms with Gasteiger partial charge < -0.3 is 14.5 Å². The molecule has 16 heavy (non-hydrogen) atoms. The minimum absolute atomic E-state index is 0.861. The SMILES string of the molecule is CN1CCc2c1cccc2N1CCOCC1. The number of benzene rings is 1. The molecule has 0 spiro atoms. The van der Waals surface area contributed by atoms with E-state index in [9.17, 15) is 0 Å². The molecule has 2 aliphatic rings. The van der Waals surface area contributed by atoms with Gasteiger partial charge in [-0.25, -0.2) is 0 Å². The molecule has 3 heteroatoms. The van der Waals surface area contributed by atoms with Gasteiger partial charge in [-0.2, -0.15) is 0 Å². The molecule has 3 rings (SSSR count). The molecule has 1 saturated heterocycles. The van der Waals surface area contributed by atoms with Crippen molar-refractivity contribution in [2.45, 2.75) is 6.42 Å². The maximum absolute atomic E-state index is 5.41. The van der Waals surface area contributed by atoms with Gasteiger partial charge in [0.15, 0.2) is 0 Å². The van der Waals surface area contributed by atoms with Crippen LogP contribution in [0.4, 0.5) is 11.4 Å². The van der Waals surface area contributed by atoms with Crippen molar-refractivity contribution in [3.63, 3.8) is 0 Å². The maximum Gasteiger partial charge on any atom is 0.0642 e. The quantitative estimate of drug-likeness (QED) is 0.710. The lowest BCUT2D eigenvalue weighted by atomic mass is 10.1. The van der Waals surface area contributed by atoms with Gasteiger partial charge >= 0.3 is 0 Å². The first-order chi connectivity index (χ1) is 7.86. The summed E-state index contributed by atoms with van der Waals surface area (Å²) in [6, 6.07) is 6.65. The summed E-state index contributed by atoms with van der Waals surface area (Å²) in [5, 5.41) is 0. The molecule has 0 radical (unpaired) electrons. The lowest BCUT2D eigenvalue weighted by Crippen LogP contribution is -2.36. The molecule has 86 valence electrons. The zero-order valence-electron chi connectivity index (χ0n) is 9.78. The van der Waals surface area contributed by atoms with Crippen LogP contribution in [0.1, 0.15) is 5.56 Å².